The lowest BCUT2D eigenvalue weighted by molar-refractivity contribution is 0.627. The highest BCUT2D eigenvalue weighted by molar-refractivity contribution is 5.80. The molecule has 1 heteroatoms. The highest BCUT2D eigenvalue weighted by Crippen LogP contribution is 2.26. The zero-order valence-corrected chi connectivity index (χ0v) is 17.9. The minimum Gasteiger partial charge on any atom is -0.207 e. The number of benzene rings is 3. The molecule has 152 valence electrons. The highest BCUT2D eigenvalue weighted by Gasteiger charge is 2.09. The molecule has 0 spiro atoms. The minimum absolute atomic E-state index is 0.255. The van der Waals surface area contributed by atoms with E-state index >= 15 is 0 Å². The molecule has 0 radical (unpaired) electrons. The topological polar surface area (TPSA) is 0 Å². The molecule has 0 fully saturated rings. The Morgan fingerprint density at radius 3 is 2.23 bits per heavy atom. The largest absolute Gasteiger partial charge is 0.207 e. The predicted molar refractivity (Wildman–Crippen MR) is 129 cm³/mol. The SMILES string of the molecule is C=C(Cc1ccc(F)cc1C(=C)/C=C/c1ccc(CC)c(CC)c1)c1ccccc1. The van der Waals surface area contributed by atoms with Crippen molar-refractivity contribution in [3.63, 3.8) is 0 Å². The molecular weight excluding hydrogens is 367 g/mol. The summed E-state index contributed by atoms with van der Waals surface area (Å²) in [4.78, 5) is 0. The maximum absolute atomic E-state index is 14.0. The molecule has 0 unspecified atom stereocenters. The molecule has 0 bridgehead atoms. The van der Waals surface area contributed by atoms with Crippen molar-refractivity contribution in [2.45, 2.75) is 33.1 Å². The van der Waals surface area contributed by atoms with Crippen LogP contribution < -0.4 is 0 Å². The van der Waals surface area contributed by atoms with Gasteiger partial charge in [-0.15, -0.1) is 0 Å². The predicted octanol–water partition coefficient (Wildman–Crippen LogP) is 7.93. The Kier molecular flexibility index (Phi) is 7.19. The van der Waals surface area contributed by atoms with Gasteiger partial charge in [-0.1, -0.05) is 93.8 Å². The summed E-state index contributed by atoms with van der Waals surface area (Å²) < 4.78 is 14.0. The number of allylic oxidation sites excluding steroid dienone is 3. The molecule has 0 aliphatic heterocycles. The van der Waals surface area contributed by atoms with E-state index < -0.39 is 0 Å². The lowest BCUT2D eigenvalue weighted by Crippen LogP contribution is -1.96. The average molecular weight is 397 g/mol. The van der Waals surface area contributed by atoms with Crippen molar-refractivity contribution < 1.29 is 4.39 Å². The Bertz CT molecular complexity index is 1070. The third-order valence-electron chi connectivity index (χ3n) is 5.47. The summed E-state index contributed by atoms with van der Waals surface area (Å²) in [5.74, 6) is -0.255. The van der Waals surface area contributed by atoms with E-state index in [1.807, 2.05) is 42.5 Å². The van der Waals surface area contributed by atoms with Crippen LogP contribution in [0.3, 0.4) is 0 Å². The molecular formula is C29H29F. The highest BCUT2D eigenvalue weighted by atomic mass is 19.1. The third kappa shape index (κ3) is 5.24. The van der Waals surface area contributed by atoms with Crippen LogP contribution >= 0.6 is 0 Å². The molecule has 0 heterocycles. The summed E-state index contributed by atoms with van der Waals surface area (Å²) in [7, 11) is 0. The van der Waals surface area contributed by atoms with Crippen molar-refractivity contribution in [3.05, 3.63) is 125 Å². The summed E-state index contributed by atoms with van der Waals surface area (Å²) in [6.07, 6.45) is 6.74. The molecule has 0 nitrogen and oxygen atoms in total. The van der Waals surface area contributed by atoms with Gasteiger partial charge in [0.25, 0.3) is 0 Å². The number of hydrogen-bond acceptors (Lipinski definition) is 0. The fourth-order valence-corrected chi connectivity index (χ4v) is 3.72. The summed E-state index contributed by atoms with van der Waals surface area (Å²) >= 11 is 0. The van der Waals surface area contributed by atoms with Gasteiger partial charge < -0.3 is 0 Å². The Morgan fingerprint density at radius 1 is 0.833 bits per heavy atom. The first-order chi connectivity index (χ1) is 14.5. The molecule has 0 atom stereocenters. The fraction of sp³-hybridized carbons (Fsp3) is 0.172. The van der Waals surface area contributed by atoms with Crippen LogP contribution in [0.5, 0.6) is 0 Å². The van der Waals surface area contributed by atoms with Crippen LogP contribution in [0.4, 0.5) is 4.39 Å². The summed E-state index contributed by atoms with van der Waals surface area (Å²) in [5, 5.41) is 0. The van der Waals surface area contributed by atoms with Gasteiger partial charge in [-0.25, -0.2) is 4.39 Å². The van der Waals surface area contributed by atoms with Crippen LogP contribution in [0.15, 0.2) is 86.0 Å². The molecule has 3 rings (SSSR count). The first-order valence-electron chi connectivity index (χ1n) is 10.5. The van der Waals surface area contributed by atoms with Crippen molar-refractivity contribution in [1.82, 2.24) is 0 Å². The molecule has 0 amide bonds. The monoisotopic (exact) mass is 396 g/mol. The Balaban J connectivity index is 1.84. The maximum Gasteiger partial charge on any atom is 0.123 e. The summed E-state index contributed by atoms with van der Waals surface area (Å²) in [6, 6.07) is 21.5. The van der Waals surface area contributed by atoms with Crippen LogP contribution in [0.25, 0.3) is 17.2 Å². The second-order valence-electron chi connectivity index (χ2n) is 7.54. The van der Waals surface area contributed by atoms with Crippen molar-refractivity contribution in [3.8, 4) is 0 Å². The molecule has 30 heavy (non-hydrogen) atoms. The van der Waals surface area contributed by atoms with Gasteiger partial charge in [0.1, 0.15) is 5.82 Å². The fourth-order valence-electron chi connectivity index (χ4n) is 3.72. The van der Waals surface area contributed by atoms with Gasteiger partial charge >= 0.3 is 0 Å². The van der Waals surface area contributed by atoms with Gasteiger partial charge in [-0.2, -0.15) is 0 Å². The van der Waals surface area contributed by atoms with Crippen molar-refractivity contribution in [1.29, 1.82) is 0 Å². The van der Waals surface area contributed by atoms with Crippen molar-refractivity contribution >= 4 is 17.2 Å². The van der Waals surface area contributed by atoms with Crippen molar-refractivity contribution in [2.75, 3.05) is 0 Å². The van der Waals surface area contributed by atoms with Gasteiger partial charge in [-0.05, 0) is 75.9 Å². The average Bonchev–Trinajstić information content (AvgIpc) is 2.78. The third-order valence-corrected chi connectivity index (χ3v) is 5.47. The lowest BCUT2D eigenvalue weighted by atomic mass is 9.92. The second kappa shape index (κ2) is 10.0. The van der Waals surface area contributed by atoms with E-state index in [-0.39, 0.29) is 5.82 Å². The zero-order chi connectivity index (χ0) is 21.5. The van der Waals surface area contributed by atoms with Crippen LogP contribution in [0, 0.1) is 5.82 Å². The van der Waals surface area contributed by atoms with Gasteiger partial charge in [0.05, 0.1) is 0 Å². The van der Waals surface area contributed by atoms with E-state index in [0.29, 0.717) is 6.42 Å². The second-order valence-corrected chi connectivity index (χ2v) is 7.54. The first-order valence-corrected chi connectivity index (χ1v) is 10.5. The van der Waals surface area contributed by atoms with Gasteiger partial charge in [0.2, 0.25) is 0 Å². The van der Waals surface area contributed by atoms with Crippen LogP contribution in [-0.4, -0.2) is 0 Å². The Hall–Kier alpha value is -3.19. The molecule has 0 N–H and O–H groups in total. The minimum atomic E-state index is -0.255. The van der Waals surface area contributed by atoms with Crippen LogP contribution in [0.2, 0.25) is 0 Å². The van der Waals surface area contributed by atoms with E-state index in [1.165, 1.54) is 17.2 Å². The standard InChI is InChI=1S/C29H29F/c1-5-24-15-14-23(19-25(24)6-2)13-12-21(3)29-20-28(30)17-16-27(29)18-22(4)26-10-8-7-9-11-26/h7-17,19-20H,3-6,18H2,1-2H3/b13-12+. The molecule has 0 aliphatic rings. The Morgan fingerprint density at radius 2 is 1.53 bits per heavy atom. The summed E-state index contributed by atoms with van der Waals surface area (Å²) in [5.41, 5.74) is 8.63. The lowest BCUT2D eigenvalue weighted by Gasteiger charge is -2.12. The number of aryl methyl sites for hydroxylation is 2. The molecule has 0 saturated heterocycles. The van der Waals surface area contributed by atoms with Gasteiger partial charge in [-0.3, -0.25) is 0 Å². The molecule has 0 aliphatic carbocycles. The Labute approximate surface area is 180 Å². The molecule has 3 aromatic rings. The van der Waals surface area contributed by atoms with E-state index in [4.69, 9.17) is 0 Å². The van der Waals surface area contributed by atoms with E-state index in [9.17, 15) is 4.39 Å². The quantitative estimate of drug-likeness (QED) is 0.339. The molecule has 3 aromatic carbocycles. The number of hydrogen-bond donors (Lipinski definition) is 0. The summed E-state index contributed by atoms with van der Waals surface area (Å²) in [6.45, 7) is 12.8. The van der Waals surface area contributed by atoms with Crippen LogP contribution in [0.1, 0.15) is 47.2 Å². The van der Waals surface area contributed by atoms with Gasteiger partial charge in [0.15, 0.2) is 0 Å². The van der Waals surface area contributed by atoms with Crippen molar-refractivity contribution in [2.24, 2.45) is 0 Å². The molecule has 0 aromatic heterocycles. The first kappa shape index (κ1) is 21.5. The number of halogens is 1. The maximum atomic E-state index is 14.0. The zero-order valence-electron chi connectivity index (χ0n) is 17.9. The normalized spacial score (nSPS) is 11.0. The van der Waals surface area contributed by atoms with E-state index in [1.54, 1.807) is 6.07 Å². The number of rotatable bonds is 8. The van der Waals surface area contributed by atoms with Crippen LogP contribution in [-0.2, 0) is 19.3 Å². The van der Waals surface area contributed by atoms with E-state index in [2.05, 4.69) is 51.3 Å². The van der Waals surface area contributed by atoms with Gasteiger partial charge in [0, 0.05) is 0 Å². The van der Waals surface area contributed by atoms with E-state index in [0.717, 1.165) is 46.2 Å². The smallest absolute Gasteiger partial charge is 0.123 e. The molecule has 0 saturated carbocycles.